The van der Waals surface area contributed by atoms with E-state index in [0.29, 0.717) is 11.8 Å². The third-order valence-corrected chi connectivity index (χ3v) is 5.76. The molecule has 0 spiro atoms. The lowest BCUT2D eigenvalue weighted by Gasteiger charge is -2.33. The first-order valence-electron chi connectivity index (χ1n) is 9.80. The van der Waals surface area contributed by atoms with Gasteiger partial charge in [0.1, 0.15) is 5.82 Å². The average molecular weight is 364 g/mol. The maximum absolute atomic E-state index is 12.4. The van der Waals surface area contributed by atoms with Crippen molar-refractivity contribution in [2.75, 3.05) is 18.0 Å². The molecule has 2 fully saturated rings. The summed E-state index contributed by atoms with van der Waals surface area (Å²) in [6.07, 6.45) is 8.01. The van der Waals surface area contributed by atoms with Crippen LogP contribution < -0.4 is 10.5 Å². The third kappa shape index (κ3) is 3.22. The summed E-state index contributed by atoms with van der Waals surface area (Å²) < 4.78 is 3.70. The van der Waals surface area contributed by atoms with Crippen LogP contribution in [0.25, 0.3) is 5.65 Å². The van der Waals surface area contributed by atoms with Gasteiger partial charge in [0, 0.05) is 49.4 Å². The molecule has 2 aliphatic rings. The van der Waals surface area contributed by atoms with Crippen molar-refractivity contribution in [3.05, 3.63) is 52.5 Å². The van der Waals surface area contributed by atoms with E-state index in [1.165, 1.54) is 12.8 Å². The largest absolute Gasteiger partial charge is 0.356 e. The number of hydrogen-bond acceptors (Lipinski definition) is 5. The summed E-state index contributed by atoms with van der Waals surface area (Å²) in [5.41, 5.74) is 2.97. The summed E-state index contributed by atoms with van der Waals surface area (Å²) in [4.78, 5) is 23.8. The van der Waals surface area contributed by atoms with E-state index in [2.05, 4.69) is 26.0 Å². The predicted molar refractivity (Wildman–Crippen MR) is 103 cm³/mol. The zero-order valence-electron chi connectivity index (χ0n) is 15.6. The van der Waals surface area contributed by atoms with Gasteiger partial charge in [0.15, 0.2) is 5.65 Å². The van der Waals surface area contributed by atoms with Gasteiger partial charge >= 0.3 is 0 Å². The fourth-order valence-corrected chi connectivity index (χ4v) is 4.05. The number of aromatic nitrogens is 5. The highest BCUT2D eigenvalue weighted by atomic mass is 16.1. The first kappa shape index (κ1) is 16.5. The van der Waals surface area contributed by atoms with Gasteiger partial charge in [-0.1, -0.05) is 0 Å². The maximum atomic E-state index is 12.4. The molecule has 0 N–H and O–H groups in total. The summed E-state index contributed by atoms with van der Waals surface area (Å²) in [5.74, 6) is 2.13. The highest BCUT2D eigenvalue weighted by Gasteiger charge is 2.26. The summed E-state index contributed by atoms with van der Waals surface area (Å²) >= 11 is 0. The number of nitrogens with zero attached hydrogens (tertiary/aromatic N) is 6. The fourth-order valence-electron chi connectivity index (χ4n) is 4.05. The molecule has 1 saturated carbocycles. The van der Waals surface area contributed by atoms with Gasteiger partial charge in [0.2, 0.25) is 0 Å². The normalized spacial score (nSPS) is 18.3. The van der Waals surface area contributed by atoms with E-state index < -0.39 is 0 Å². The van der Waals surface area contributed by atoms with Crippen LogP contribution in [0.3, 0.4) is 0 Å². The van der Waals surface area contributed by atoms with Crippen molar-refractivity contribution in [3.8, 4) is 0 Å². The Labute approximate surface area is 157 Å². The van der Waals surface area contributed by atoms with Gasteiger partial charge in [0.05, 0.1) is 18.2 Å². The number of hydrogen-bond donors (Lipinski definition) is 0. The topological polar surface area (TPSA) is 68.3 Å². The van der Waals surface area contributed by atoms with Crippen LogP contribution in [-0.4, -0.2) is 37.2 Å². The number of piperidine rings is 1. The van der Waals surface area contributed by atoms with Crippen molar-refractivity contribution in [1.29, 1.82) is 0 Å². The predicted octanol–water partition coefficient (Wildman–Crippen LogP) is 2.39. The van der Waals surface area contributed by atoms with Crippen molar-refractivity contribution in [3.63, 3.8) is 0 Å². The van der Waals surface area contributed by atoms with E-state index in [4.69, 9.17) is 0 Å². The molecule has 0 aromatic carbocycles. The van der Waals surface area contributed by atoms with Crippen LogP contribution in [0.4, 0.5) is 5.82 Å². The lowest BCUT2D eigenvalue weighted by atomic mass is 9.96. The molecular formula is C20H24N6O. The summed E-state index contributed by atoms with van der Waals surface area (Å²) in [7, 11) is 0. The highest BCUT2D eigenvalue weighted by molar-refractivity contribution is 5.50. The van der Waals surface area contributed by atoms with Crippen LogP contribution in [0.15, 0.2) is 35.5 Å². The summed E-state index contributed by atoms with van der Waals surface area (Å²) in [5, 5.41) is 4.42. The monoisotopic (exact) mass is 364 g/mol. The molecule has 0 bridgehead atoms. The number of rotatable bonds is 4. The van der Waals surface area contributed by atoms with Crippen LogP contribution in [-0.2, 0) is 6.54 Å². The zero-order chi connectivity index (χ0) is 18.4. The van der Waals surface area contributed by atoms with Crippen molar-refractivity contribution in [1.82, 2.24) is 24.1 Å². The SMILES string of the molecule is Cc1cc(N2CCC(Cn3cnc(C4CC4)cc3=O)CC2)n2nccc2n1. The maximum Gasteiger partial charge on any atom is 0.253 e. The molecule has 7 heteroatoms. The molecule has 0 unspecified atom stereocenters. The van der Waals surface area contributed by atoms with Crippen molar-refractivity contribution in [2.24, 2.45) is 5.92 Å². The van der Waals surface area contributed by atoms with Gasteiger partial charge in [-0.15, -0.1) is 0 Å². The van der Waals surface area contributed by atoms with Crippen molar-refractivity contribution in [2.45, 2.75) is 45.1 Å². The number of aryl methyl sites for hydroxylation is 1. The molecule has 0 atom stereocenters. The molecule has 4 heterocycles. The first-order chi connectivity index (χ1) is 13.2. The Hall–Kier alpha value is -2.70. The molecule has 140 valence electrons. The molecule has 0 amide bonds. The summed E-state index contributed by atoms with van der Waals surface area (Å²) in [6.45, 7) is 4.71. The Morgan fingerprint density at radius 2 is 1.96 bits per heavy atom. The van der Waals surface area contributed by atoms with E-state index in [9.17, 15) is 4.79 Å². The lowest BCUT2D eigenvalue weighted by Crippen LogP contribution is -2.37. The Morgan fingerprint density at radius 3 is 2.70 bits per heavy atom. The molecule has 1 aliphatic carbocycles. The van der Waals surface area contributed by atoms with Crippen LogP contribution >= 0.6 is 0 Å². The second kappa shape index (κ2) is 6.48. The quantitative estimate of drug-likeness (QED) is 0.711. The minimum atomic E-state index is 0.0948. The zero-order valence-corrected chi connectivity index (χ0v) is 15.6. The van der Waals surface area contributed by atoms with Gasteiger partial charge in [-0.2, -0.15) is 9.61 Å². The molecular weight excluding hydrogens is 340 g/mol. The second-order valence-electron chi connectivity index (χ2n) is 7.87. The van der Waals surface area contributed by atoms with E-state index in [0.717, 1.165) is 55.3 Å². The molecule has 27 heavy (non-hydrogen) atoms. The third-order valence-electron chi connectivity index (χ3n) is 5.76. The molecule has 0 radical (unpaired) electrons. The van der Waals surface area contributed by atoms with Crippen LogP contribution in [0, 0.1) is 12.8 Å². The molecule has 1 aliphatic heterocycles. The molecule has 1 saturated heterocycles. The van der Waals surface area contributed by atoms with Crippen LogP contribution in [0.1, 0.15) is 43.0 Å². The van der Waals surface area contributed by atoms with Gasteiger partial charge in [-0.05, 0) is 38.5 Å². The fraction of sp³-hybridized carbons (Fsp3) is 0.500. The molecule has 3 aromatic rings. The van der Waals surface area contributed by atoms with Gasteiger partial charge in [0.25, 0.3) is 5.56 Å². The second-order valence-corrected chi connectivity index (χ2v) is 7.87. The standard InChI is InChI=1S/C20H24N6O/c1-14-10-19(26-18(23-14)4-7-22-26)24-8-5-15(6-9-24)12-25-13-21-17(11-20(25)27)16-2-3-16/h4,7,10-11,13,15-16H,2-3,5-6,8-9,12H2,1H3. The first-order valence-corrected chi connectivity index (χ1v) is 9.80. The van der Waals surface area contributed by atoms with E-state index >= 15 is 0 Å². The smallest absolute Gasteiger partial charge is 0.253 e. The number of anilines is 1. The van der Waals surface area contributed by atoms with Gasteiger partial charge in [-0.3, -0.25) is 9.36 Å². The van der Waals surface area contributed by atoms with Crippen LogP contribution in [0.2, 0.25) is 0 Å². The number of fused-ring (bicyclic) bond motifs is 1. The van der Waals surface area contributed by atoms with Gasteiger partial charge < -0.3 is 4.90 Å². The van der Waals surface area contributed by atoms with E-state index in [1.54, 1.807) is 23.2 Å². The minimum absolute atomic E-state index is 0.0948. The Bertz CT molecular complexity index is 1030. The van der Waals surface area contributed by atoms with E-state index in [1.807, 2.05) is 17.5 Å². The lowest BCUT2D eigenvalue weighted by molar-refractivity contribution is 0.349. The average Bonchev–Trinajstić information content (AvgIpc) is 3.41. The van der Waals surface area contributed by atoms with Gasteiger partial charge in [-0.25, -0.2) is 9.97 Å². The van der Waals surface area contributed by atoms with Crippen molar-refractivity contribution >= 4 is 11.5 Å². The van der Waals surface area contributed by atoms with Crippen molar-refractivity contribution < 1.29 is 0 Å². The Kier molecular flexibility index (Phi) is 3.95. The highest BCUT2D eigenvalue weighted by Crippen LogP contribution is 2.38. The molecule has 5 rings (SSSR count). The Balaban J connectivity index is 1.27. The molecule has 7 nitrogen and oxygen atoms in total. The van der Waals surface area contributed by atoms with E-state index in [-0.39, 0.29) is 5.56 Å². The minimum Gasteiger partial charge on any atom is -0.356 e. The molecule has 3 aromatic heterocycles. The Morgan fingerprint density at radius 1 is 1.15 bits per heavy atom. The van der Waals surface area contributed by atoms with Crippen LogP contribution in [0.5, 0.6) is 0 Å². The summed E-state index contributed by atoms with van der Waals surface area (Å²) in [6, 6.07) is 5.78.